The first-order valence-corrected chi connectivity index (χ1v) is 8.49. The average molecular weight is 376 g/mol. The quantitative estimate of drug-likeness (QED) is 0.640. The highest BCUT2D eigenvalue weighted by atomic mass is 79.9. The summed E-state index contributed by atoms with van der Waals surface area (Å²) in [6.45, 7) is 9.66. The molecule has 0 aliphatic rings. The molecule has 0 amide bonds. The van der Waals surface area contributed by atoms with E-state index in [1.807, 2.05) is 0 Å². The van der Waals surface area contributed by atoms with Gasteiger partial charge in [-0.25, -0.2) is 9.37 Å². The highest BCUT2D eigenvalue weighted by Gasteiger charge is 2.25. The van der Waals surface area contributed by atoms with Crippen molar-refractivity contribution in [1.29, 1.82) is 0 Å². The van der Waals surface area contributed by atoms with Gasteiger partial charge in [0, 0.05) is 24.9 Å². The third-order valence-corrected chi connectivity index (χ3v) is 5.11. The van der Waals surface area contributed by atoms with E-state index in [0.29, 0.717) is 22.7 Å². The molecule has 0 bridgehead atoms. The normalized spacial score (nSPS) is 12.6. The van der Waals surface area contributed by atoms with Crippen LogP contribution >= 0.6 is 27.5 Å². The molecule has 21 heavy (non-hydrogen) atoms. The van der Waals surface area contributed by atoms with E-state index < -0.39 is 0 Å². The lowest BCUT2D eigenvalue weighted by atomic mass is 9.81. The Morgan fingerprint density at radius 2 is 2.05 bits per heavy atom. The molecule has 116 valence electrons. The van der Waals surface area contributed by atoms with Crippen molar-refractivity contribution in [3.05, 3.63) is 28.2 Å². The fraction of sp³-hybridized carbons (Fsp3) is 0.562. The molecule has 0 atom stereocenters. The molecule has 1 heterocycles. The number of imidazole rings is 1. The molecule has 2 nitrogen and oxygen atoms in total. The number of nitrogens with zero attached hydrogens (tertiary/aromatic N) is 2. The van der Waals surface area contributed by atoms with Gasteiger partial charge >= 0.3 is 0 Å². The van der Waals surface area contributed by atoms with E-state index >= 15 is 0 Å². The molecule has 0 unspecified atom stereocenters. The molecule has 0 saturated heterocycles. The predicted molar refractivity (Wildman–Crippen MR) is 90.4 cm³/mol. The number of benzene rings is 1. The minimum atomic E-state index is -0.261. The summed E-state index contributed by atoms with van der Waals surface area (Å²) in [7, 11) is 0. The van der Waals surface area contributed by atoms with Gasteiger partial charge in [0.25, 0.3) is 0 Å². The van der Waals surface area contributed by atoms with Crippen molar-refractivity contribution >= 4 is 38.6 Å². The van der Waals surface area contributed by atoms with E-state index in [2.05, 4.69) is 53.2 Å². The minimum Gasteiger partial charge on any atom is -0.327 e. The smallest absolute Gasteiger partial charge is 0.139 e. The second kappa shape index (κ2) is 6.25. The maximum Gasteiger partial charge on any atom is 0.139 e. The van der Waals surface area contributed by atoms with Crippen molar-refractivity contribution in [2.75, 3.05) is 5.88 Å². The number of halogens is 3. The highest BCUT2D eigenvalue weighted by Crippen LogP contribution is 2.32. The van der Waals surface area contributed by atoms with Gasteiger partial charge in [-0.05, 0) is 33.3 Å². The van der Waals surface area contributed by atoms with Crippen LogP contribution in [0.5, 0.6) is 0 Å². The molecule has 2 rings (SSSR count). The van der Waals surface area contributed by atoms with Gasteiger partial charge in [-0.3, -0.25) is 0 Å². The number of fused-ring (bicyclic) bond motifs is 1. The summed E-state index contributed by atoms with van der Waals surface area (Å²) < 4.78 is 16.5. The zero-order valence-corrected chi connectivity index (χ0v) is 15.2. The average Bonchev–Trinajstić information content (AvgIpc) is 2.68. The van der Waals surface area contributed by atoms with Gasteiger partial charge in [0.15, 0.2) is 0 Å². The fourth-order valence-electron chi connectivity index (χ4n) is 2.21. The van der Waals surface area contributed by atoms with Crippen LogP contribution in [0.2, 0.25) is 0 Å². The number of rotatable bonds is 5. The van der Waals surface area contributed by atoms with Gasteiger partial charge in [-0.1, -0.05) is 27.7 Å². The number of hydrogen-bond donors (Lipinski definition) is 0. The van der Waals surface area contributed by atoms with Gasteiger partial charge < -0.3 is 4.57 Å². The second-order valence-electron chi connectivity index (χ2n) is 6.45. The molecule has 0 aliphatic heterocycles. The summed E-state index contributed by atoms with van der Waals surface area (Å²) in [5.41, 5.74) is 1.74. The third-order valence-electron chi connectivity index (χ3n) is 4.32. The molecule has 1 aromatic carbocycles. The molecule has 1 aromatic heterocycles. The van der Waals surface area contributed by atoms with E-state index in [-0.39, 0.29) is 11.2 Å². The third kappa shape index (κ3) is 3.42. The van der Waals surface area contributed by atoms with Gasteiger partial charge in [0.05, 0.1) is 15.5 Å². The molecule has 0 fully saturated rings. The van der Waals surface area contributed by atoms with Crippen molar-refractivity contribution < 1.29 is 4.39 Å². The number of aryl methyl sites for hydroxylation is 1. The van der Waals surface area contributed by atoms with E-state index in [9.17, 15) is 4.39 Å². The summed E-state index contributed by atoms with van der Waals surface area (Å²) in [6, 6.07) is 3.29. The SMILES string of the molecule is CC(C)C(C)(C)Cn1c(CCCl)nc2cc(Br)c(F)cc21. The molecule has 2 aromatic rings. The summed E-state index contributed by atoms with van der Waals surface area (Å²) in [6.07, 6.45) is 0.684. The Labute approximate surface area is 138 Å². The van der Waals surface area contributed by atoms with Crippen molar-refractivity contribution in [2.45, 2.75) is 40.7 Å². The van der Waals surface area contributed by atoms with E-state index in [4.69, 9.17) is 11.6 Å². The topological polar surface area (TPSA) is 17.8 Å². The Bertz CT molecular complexity index is 649. The van der Waals surface area contributed by atoms with Crippen LogP contribution in [-0.2, 0) is 13.0 Å². The van der Waals surface area contributed by atoms with Crippen LogP contribution in [0.3, 0.4) is 0 Å². The van der Waals surface area contributed by atoms with Gasteiger partial charge in [0.1, 0.15) is 11.6 Å². The van der Waals surface area contributed by atoms with Crippen molar-refractivity contribution in [2.24, 2.45) is 11.3 Å². The Hall–Kier alpha value is -0.610. The molecule has 0 radical (unpaired) electrons. The molecule has 0 N–H and O–H groups in total. The van der Waals surface area contributed by atoms with Crippen LogP contribution in [0.25, 0.3) is 11.0 Å². The van der Waals surface area contributed by atoms with Crippen molar-refractivity contribution in [3.63, 3.8) is 0 Å². The van der Waals surface area contributed by atoms with E-state index in [1.165, 1.54) is 0 Å². The summed E-state index contributed by atoms with van der Waals surface area (Å²) in [5.74, 6) is 1.68. The fourth-order valence-corrected chi connectivity index (χ4v) is 2.71. The van der Waals surface area contributed by atoms with Gasteiger partial charge in [0.2, 0.25) is 0 Å². The minimum absolute atomic E-state index is 0.0955. The first kappa shape index (κ1) is 16.8. The van der Waals surface area contributed by atoms with Crippen LogP contribution in [-0.4, -0.2) is 15.4 Å². The van der Waals surface area contributed by atoms with Crippen LogP contribution in [0.1, 0.15) is 33.5 Å². The number of aromatic nitrogens is 2. The summed E-state index contributed by atoms with van der Waals surface area (Å²) in [4.78, 5) is 4.63. The molecular weight excluding hydrogens is 355 g/mol. The van der Waals surface area contributed by atoms with Crippen LogP contribution in [0.15, 0.2) is 16.6 Å². The standard InChI is InChI=1S/C16H21BrClFN2/c1-10(2)16(3,4)9-21-14-8-12(19)11(17)7-13(14)20-15(21)5-6-18/h7-8,10H,5-6,9H2,1-4H3. The lowest BCUT2D eigenvalue weighted by Crippen LogP contribution is -2.26. The van der Waals surface area contributed by atoms with Crippen molar-refractivity contribution in [3.8, 4) is 0 Å². The van der Waals surface area contributed by atoms with Crippen LogP contribution in [0, 0.1) is 17.2 Å². The molecular formula is C16H21BrClFN2. The maximum absolute atomic E-state index is 13.9. The van der Waals surface area contributed by atoms with Crippen LogP contribution in [0.4, 0.5) is 4.39 Å². The zero-order chi connectivity index (χ0) is 15.8. The Morgan fingerprint density at radius 1 is 1.38 bits per heavy atom. The largest absolute Gasteiger partial charge is 0.327 e. The van der Waals surface area contributed by atoms with Gasteiger partial charge in [-0.2, -0.15) is 0 Å². The molecule has 0 saturated carbocycles. The van der Waals surface area contributed by atoms with Crippen LogP contribution < -0.4 is 0 Å². The predicted octanol–water partition coefficient (Wildman–Crippen LogP) is 5.40. The maximum atomic E-state index is 13.9. The summed E-state index contributed by atoms with van der Waals surface area (Å²) >= 11 is 9.12. The van der Waals surface area contributed by atoms with E-state index in [1.54, 1.807) is 12.1 Å². The number of alkyl halides is 1. The van der Waals surface area contributed by atoms with Gasteiger partial charge in [-0.15, -0.1) is 11.6 Å². The number of hydrogen-bond acceptors (Lipinski definition) is 1. The lowest BCUT2D eigenvalue weighted by Gasteiger charge is -2.30. The highest BCUT2D eigenvalue weighted by molar-refractivity contribution is 9.10. The lowest BCUT2D eigenvalue weighted by molar-refractivity contribution is 0.210. The second-order valence-corrected chi connectivity index (χ2v) is 7.68. The van der Waals surface area contributed by atoms with Crippen molar-refractivity contribution in [1.82, 2.24) is 9.55 Å². The monoisotopic (exact) mass is 374 g/mol. The molecule has 0 spiro atoms. The Morgan fingerprint density at radius 3 is 2.62 bits per heavy atom. The zero-order valence-electron chi connectivity index (χ0n) is 12.9. The van der Waals surface area contributed by atoms with E-state index in [0.717, 1.165) is 23.4 Å². The Kier molecular flexibility index (Phi) is 4.99. The molecule has 5 heteroatoms. The summed E-state index contributed by atoms with van der Waals surface area (Å²) in [5, 5.41) is 0. The first-order chi connectivity index (χ1) is 9.76. The molecule has 0 aliphatic carbocycles. The Balaban J connectivity index is 2.58. The first-order valence-electron chi connectivity index (χ1n) is 7.16.